The number of sulfonamides is 1. The molecule has 7 nitrogen and oxygen atoms in total. The molecule has 2 aromatic rings. The van der Waals surface area contributed by atoms with E-state index in [4.69, 9.17) is 23.2 Å². The average Bonchev–Trinajstić information content (AvgIpc) is 3.38. The summed E-state index contributed by atoms with van der Waals surface area (Å²) in [5.41, 5.74) is 1.33. The molecule has 0 spiro atoms. The van der Waals surface area contributed by atoms with Crippen molar-refractivity contribution in [1.82, 2.24) is 14.9 Å². The molecule has 1 saturated heterocycles. The lowest BCUT2D eigenvalue weighted by Crippen LogP contribution is -2.28. The maximum Gasteiger partial charge on any atom is 0.253 e. The highest BCUT2D eigenvalue weighted by Crippen LogP contribution is 2.30. The van der Waals surface area contributed by atoms with Gasteiger partial charge in [0.15, 0.2) is 0 Å². The van der Waals surface area contributed by atoms with Crippen LogP contribution in [0.15, 0.2) is 41.3 Å². The van der Waals surface area contributed by atoms with Crippen LogP contribution in [0.4, 0.5) is 0 Å². The van der Waals surface area contributed by atoms with Crippen molar-refractivity contribution in [3.05, 3.63) is 63.1 Å². The monoisotopic (exact) mass is 495 g/mol. The van der Waals surface area contributed by atoms with Crippen molar-refractivity contribution < 1.29 is 18.0 Å². The standard InChI is InChI=1S/C22H23Cl2N3O4S/c23-18-12-19(24)20(32(30,31)26-16-6-7-16)11-17(18)21(28)25-13-14-4-3-5-15(10-14)22(29)27-8-1-2-9-27/h3-5,10-12,16,26H,1-2,6-9,13H2,(H,25,28). The predicted octanol–water partition coefficient (Wildman–Crippen LogP) is 3.60. The van der Waals surface area contributed by atoms with Crippen molar-refractivity contribution in [3.8, 4) is 0 Å². The summed E-state index contributed by atoms with van der Waals surface area (Å²) in [6.07, 6.45) is 3.57. The zero-order chi connectivity index (χ0) is 22.9. The van der Waals surface area contributed by atoms with Crippen LogP contribution < -0.4 is 10.0 Å². The Labute approximate surface area is 197 Å². The Bertz CT molecular complexity index is 1160. The summed E-state index contributed by atoms with van der Waals surface area (Å²) in [6, 6.07) is 9.44. The van der Waals surface area contributed by atoms with E-state index in [2.05, 4.69) is 10.0 Å². The molecule has 32 heavy (non-hydrogen) atoms. The highest BCUT2D eigenvalue weighted by Gasteiger charge is 2.30. The summed E-state index contributed by atoms with van der Waals surface area (Å²) in [5.74, 6) is -0.555. The normalized spacial score (nSPS) is 16.2. The van der Waals surface area contributed by atoms with Gasteiger partial charge in [-0.05, 0) is 55.5 Å². The second kappa shape index (κ2) is 9.39. The number of carbonyl (C=O) groups is 2. The molecule has 2 amide bonds. The third-order valence-corrected chi connectivity index (χ3v) is 7.77. The van der Waals surface area contributed by atoms with E-state index in [1.165, 1.54) is 12.1 Å². The number of nitrogens with one attached hydrogen (secondary N) is 2. The number of likely N-dealkylation sites (tertiary alicyclic amines) is 1. The molecule has 0 unspecified atom stereocenters. The Morgan fingerprint density at radius 2 is 1.75 bits per heavy atom. The van der Waals surface area contributed by atoms with Crippen LogP contribution in [0, 0.1) is 0 Å². The Morgan fingerprint density at radius 3 is 2.44 bits per heavy atom. The van der Waals surface area contributed by atoms with Gasteiger partial charge < -0.3 is 10.2 Å². The molecule has 1 saturated carbocycles. The number of benzene rings is 2. The Kier molecular flexibility index (Phi) is 6.76. The lowest BCUT2D eigenvalue weighted by molar-refractivity contribution is 0.0792. The first-order valence-electron chi connectivity index (χ1n) is 10.4. The molecule has 0 radical (unpaired) electrons. The topological polar surface area (TPSA) is 95.6 Å². The van der Waals surface area contributed by atoms with Crippen molar-refractivity contribution in [1.29, 1.82) is 0 Å². The number of hydrogen-bond donors (Lipinski definition) is 2. The molecule has 10 heteroatoms. The van der Waals surface area contributed by atoms with Gasteiger partial charge in [-0.15, -0.1) is 0 Å². The second-order valence-corrected chi connectivity index (χ2v) is 10.5. The molecule has 2 aromatic carbocycles. The van der Waals surface area contributed by atoms with E-state index >= 15 is 0 Å². The Morgan fingerprint density at radius 1 is 1.03 bits per heavy atom. The van der Waals surface area contributed by atoms with E-state index in [0.29, 0.717) is 5.56 Å². The number of nitrogens with zero attached hydrogens (tertiary/aromatic N) is 1. The van der Waals surface area contributed by atoms with Gasteiger partial charge in [-0.3, -0.25) is 9.59 Å². The second-order valence-electron chi connectivity index (χ2n) is 8.04. The molecular weight excluding hydrogens is 473 g/mol. The zero-order valence-corrected chi connectivity index (χ0v) is 19.6. The van der Waals surface area contributed by atoms with Crippen LogP contribution in [0.1, 0.15) is 52.0 Å². The summed E-state index contributed by atoms with van der Waals surface area (Å²) in [4.78, 5) is 27.0. The molecule has 2 fully saturated rings. The van der Waals surface area contributed by atoms with E-state index in [1.807, 2.05) is 4.90 Å². The van der Waals surface area contributed by atoms with Gasteiger partial charge in [0.05, 0.1) is 15.6 Å². The summed E-state index contributed by atoms with van der Waals surface area (Å²) < 4.78 is 27.7. The van der Waals surface area contributed by atoms with Crippen molar-refractivity contribution in [2.75, 3.05) is 13.1 Å². The highest BCUT2D eigenvalue weighted by atomic mass is 35.5. The van der Waals surface area contributed by atoms with Gasteiger partial charge in [-0.2, -0.15) is 0 Å². The smallest absolute Gasteiger partial charge is 0.253 e. The van der Waals surface area contributed by atoms with Gasteiger partial charge in [0.1, 0.15) is 4.90 Å². The number of amides is 2. The SMILES string of the molecule is O=C(NCc1cccc(C(=O)N2CCCC2)c1)c1cc(S(=O)(=O)NC2CC2)c(Cl)cc1Cl. The van der Waals surface area contributed by atoms with Gasteiger partial charge in [0.25, 0.3) is 11.8 Å². The fourth-order valence-corrected chi connectivity index (χ4v) is 5.75. The van der Waals surface area contributed by atoms with Gasteiger partial charge >= 0.3 is 0 Å². The molecule has 1 heterocycles. The van der Waals surface area contributed by atoms with Crippen LogP contribution in [-0.2, 0) is 16.6 Å². The quantitative estimate of drug-likeness (QED) is 0.613. The predicted molar refractivity (Wildman–Crippen MR) is 123 cm³/mol. The number of hydrogen-bond acceptors (Lipinski definition) is 4. The molecule has 1 aliphatic carbocycles. The van der Waals surface area contributed by atoms with Crippen LogP contribution in [0.3, 0.4) is 0 Å². The Balaban J connectivity index is 1.48. The first kappa shape index (κ1) is 23.0. The van der Waals surface area contributed by atoms with Crippen molar-refractivity contribution >= 4 is 45.0 Å². The maximum absolute atomic E-state index is 12.8. The van der Waals surface area contributed by atoms with Crippen LogP contribution >= 0.6 is 23.2 Å². The van der Waals surface area contributed by atoms with E-state index in [1.54, 1.807) is 24.3 Å². The van der Waals surface area contributed by atoms with E-state index in [9.17, 15) is 18.0 Å². The third kappa shape index (κ3) is 5.26. The summed E-state index contributed by atoms with van der Waals surface area (Å²) in [5, 5.41) is 2.74. The van der Waals surface area contributed by atoms with Crippen LogP contribution in [0.2, 0.25) is 10.0 Å². The van der Waals surface area contributed by atoms with Crippen molar-refractivity contribution in [2.24, 2.45) is 0 Å². The summed E-state index contributed by atoms with van der Waals surface area (Å²) in [7, 11) is -3.85. The van der Waals surface area contributed by atoms with Crippen LogP contribution in [0.5, 0.6) is 0 Å². The summed E-state index contributed by atoms with van der Waals surface area (Å²) >= 11 is 12.3. The molecule has 1 aliphatic heterocycles. The minimum absolute atomic E-state index is 0.0107. The fraction of sp³-hybridized carbons (Fsp3) is 0.364. The van der Waals surface area contributed by atoms with Gasteiger partial charge in [0.2, 0.25) is 10.0 Å². The van der Waals surface area contributed by atoms with Gasteiger partial charge in [-0.1, -0.05) is 35.3 Å². The lowest BCUT2D eigenvalue weighted by atomic mass is 10.1. The van der Waals surface area contributed by atoms with Gasteiger partial charge in [0, 0.05) is 31.2 Å². The minimum atomic E-state index is -3.85. The Hall–Kier alpha value is -2.13. The molecular formula is C22H23Cl2N3O4S. The number of carbonyl (C=O) groups excluding carboxylic acids is 2. The van der Waals surface area contributed by atoms with Crippen molar-refractivity contribution in [3.63, 3.8) is 0 Å². The van der Waals surface area contributed by atoms with Crippen molar-refractivity contribution in [2.45, 2.75) is 43.2 Å². The first-order chi connectivity index (χ1) is 15.2. The van der Waals surface area contributed by atoms with E-state index < -0.39 is 15.9 Å². The minimum Gasteiger partial charge on any atom is -0.348 e. The molecule has 2 N–H and O–H groups in total. The molecule has 170 valence electrons. The molecule has 0 aromatic heterocycles. The average molecular weight is 496 g/mol. The number of rotatable bonds is 7. The van der Waals surface area contributed by atoms with Gasteiger partial charge in [-0.25, -0.2) is 13.1 Å². The zero-order valence-electron chi connectivity index (χ0n) is 17.2. The maximum atomic E-state index is 12.8. The van der Waals surface area contributed by atoms with E-state index in [0.717, 1.165) is 44.3 Å². The molecule has 4 rings (SSSR count). The summed E-state index contributed by atoms with van der Waals surface area (Å²) in [6.45, 7) is 1.67. The lowest BCUT2D eigenvalue weighted by Gasteiger charge is -2.16. The number of halogens is 2. The van der Waals surface area contributed by atoms with Crippen LogP contribution in [0.25, 0.3) is 0 Å². The largest absolute Gasteiger partial charge is 0.348 e. The molecule has 0 atom stereocenters. The molecule has 2 aliphatic rings. The fourth-order valence-electron chi connectivity index (χ4n) is 3.59. The molecule has 0 bridgehead atoms. The van der Waals surface area contributed by atoms with E-state index in [-0.39, 0.29) is 39.0 Å². The first-order valence-corrected chi connectivity index (χ1v) is 12.7. The third-order valence-electron chi connectivity index (χ3n) is 5.48. The van der Waals surface area contributed by atoms with Crippen LogP contribution in [-0.4, -0.2) is 44.3 Å². The highest BCUT2D eigenvalue weighted by molar-refractivity contribution is 7.89.